The maximum atomic E-state index is 14.3. The Morgan fingerprint density at radius 2 is 1.34 bits per heavy atom. The molecule has 77 heavy (non-hydrogen) atoms. The fraction of sp³-hybridized carbons (Fsp3) is 0.596. The average Bonchev–Trinajstić information content (AvgIpc) is 3.73. The summed E-state index contributed by atoms with van der Waals surface area (Å²) in [4.78, 5) is 77.4. The normalized spacial score (nSPS) is 13.0. The summed E-state index contributed by atoms with van der Waals surface area (Å²) in [7, 11) is 3.16. The van der Waals surface area contributed by atoms with E-state index < -0.39 is 37.7 Å². The van der Waals surface area contributed by atoms with E-state index in [4.69, 9.17) is 34.0 Å². The van der Waals surface area contributed by atoms with Gasteiger partial charge in [-0.25, -0.2) is 19.3 Å². The third-order valence-corrected chi connectivity index (χ3v) is 13.9. The van der Waals surface area contributed by atoms with Gasteiger partial charge in [0.25, 0.3) is 5.91 Å². The number of unbranched alkanes of at least 4 members (excludes halogenated alkanes) is 15. The van der Waals surface area contributed by atoms with Crippen molar-refractivity contribution in [3.63, 3.8) is 0 Å². The maximum absolute atomic E-state index is 14.3. The first-order chi connectivity index (χ1) is 37.0. The molecule has 2 aromatic carbocycles. The first-order valence-electron chi connectivity index (χ1n) is 27.8. The van der Waals surface area contributed by atoms with Gasteiger partial charge < -0.3 is 39.2 Å². The zero-order valence-electron chi connectivity index (χ0n) is 46.8. The van der Waals surface area contributed by atoms with Gasteiger partial charge in [-0.15, -0.1) is 0 Å². The highest BCUT2D eigenvalue weighted by atomic mass is 31.2. The van der Waals surface area contributed by atoms with E-state index in [-0.39, 0.29) is 51.6 Å². The number of nitrogens with one attached hydrogen (secondary N) is 1. The number of carbonyl (C=O) groups excluding carboxylic acids is 4. The Labute approximate surface area is 456 Å². The smallest absolute Gasteiger partial charge is 0.465 e. The lowest BCUT2D eigenvalue weighted by Gasteiger charge is -2.24. The highest BCUT2D eigenvalue weighted by molar-refractivity contribution is 7.47. The molecule has 4 N–H and O–H groups in total. The van der Waals surface area contributed by atoms with Crippen molar-refractivity contribution in [2.75, 3.05) is 77.5 Å². The second-order valence-electron chi connectivity index (χ2n) is 20.6. The van der Waals surface area contributed by atoms with Crippen LogP contribution < -0.4 is 16.0 Å². The summed E-state index contributed by atoms with van der Waals surface area (Å²) in [5, 5.41) is 3.35. The van der Waals surface area contributed by atoms with E-state index in [0.29, 0.717) is 58.9 Å². The van der Waals surface area contributed by atoms with Crippen LogP contribution >= 0.6 is 7.82 Å². The molecule has 0 bridgehead atoms. The van der Waals surface area contributed by atoms with E-state index in [1.165, 1.54) is 69.1 Å². The zero-order valence-corrected chi connectivity index (χ0v) is 47.7. The molecule has 0 saturated carbocycles. The van der Waals surface area contributed by atoms with E-state index in [1.54, 1.807) is 48.7 Å². The molecule has 4 aromatic rings. The van der Waals surface area contributed by atoms with Crippen molar-refractivity contribution in [2.45, 2.75) is 142 Å². The van der Waals surface area contributed by atoms with Crippen LogP contribution in [0.1, 0.15) is 158 Å². The zero-order chi connectivity index (χ0) is 55.9. The molecule has 0 spiro atoms. The molecule has 4 rings (SSSR count). The third-order valence-electron chi connectivity index (χ3n) is 12.9. The summed E-state index contributed by atoms with van der Waals surface area (Å²) in [6.07, 6.45) is 20.4. The maximum Gasteiger partial charge on any atom is 0.472 e. The predicted molar refractivity (Wildman–Crippen MR) is 302 cm³/mol. The third kappa shape index (κ3) is 25.5. The SMILES string of the molecule is CCCCCCCCCCCCCCCCC(=O)OCC(COC(=O)CCN(C(=O)c1ccc2c(c1)nc(CNc1ccc(/C(N)=N/C(=O)OCCCCC)cc1)n2C)c1ccccn1)COP(=O)(O)OCC[N+](C)(C)C. The number of phosphoric acid groups is 1. The number of nitrogens with zero attached hydrogens (tertiary/aromatic N) is 6. The number of esters is 2. The molecule has 2 unspecified atom stereocenters. The van der Waals surface area contributed by atoms with Crippen LogP contribution in [-0.2, 0) is 51.0 Å². The molecule has 0 fully saturated rings. The van der Waals surface area contributed by atoms with Gasteiger partial charge in [0, 0.05) is 43.0 Å². The molecule has 20 heteroatoms. The molecule has 2 heterocycles. The number of phosphoric ester groups is 1. The summed E-state index contributed by atoms with van der Waals surface area (Å²) in [5.74, 6) is -1.21. The van der Waals surface area contributed by atoms with Crippen LogP contribution in [0.4, 0.5) is 16.3 Å². The van der Waals surface area contributed by atoms with Gasteiger partial charge in [0.05, 0.1) is 77.5 Å². The molecule has 2 atom stereocenters. The Hall–Kier alpha value is -5.72. The van der Waals surface area contributed by atoms with Crippen molar-refractivity contribution in [3.8, 4) is 0 Å². The number of hydrogen-bond donors (Lipinski definition) is 3. The standard InChI is InChI=1S/C57H87N8O11P/c1-7-9-11-12-13-14-15-16-17-18-19-20-21-22-27-53(66)73-42-45(44-76-77(70,71)75-39-37-65(4,5)6)43-74-54(67)34-36-64(51-26-23-24-35-59-51)56(68)47-30-33-50-49(40-47)61-52(63(50)3)41-60-48-31-28-46(29-32-48)55(58)62-57(69)72-38-25-10-8-2/h23-24,26,28-33,35,40,45H,7-22,25,27,34,36-39,41-44H2,1-6H3,(H3-,58,60,62,69,70,71)/p+1. The number of likely N-dealkylation sites (N-methyl/N-ethyl adjacent to an activating group) is 1. The van der Waals surface area contributed by atoms with Crippen molar-refractivity contribution in [2.24, 2.45) is 23.7 Å². The van der Waals surface area contributed by atoms with E-state index in [1.807, 2.05) is 51.0 Å². The first kappa shape index (κ1) is 63.8. The van der Waals surface area contributed by atoms with E-state index >= 15 is 0 Å². The minimum atomic E-state index is -4.49. The number of nitrogens with two attached hydrogens (primary N) is 1. The number of aliphatic imine (C=N–C) groups is 1. The average molecular weight is 1090 g/mol. The van der Waals surface area contributed by atoms with E-state index in [9.17, 15) is 28.6 Å². The van der Waals surface area contributed by atoms with Crippen molar-refractivity contribution in [1.82, 2.24) is 14.5 Å². The van der Waals surface area contributed by atoms with Crippen molar-refractivity contribution in [3.05, 3.63) is 83.8 Å². The molecule has 0 radical (unpaired) electrons. The van der Waals surface area contributed by atoms with Gasteiger partial charge in [0.15, 0.2) is 0 Å². The first-order valence-corrected chi connectivity index (χ1v) is 29.2. The largest absolute Gasteiger partial charge is 0.472 e. The molecule has 0 aliphatic carbocycles. The number of quaternary nitrogens is 1. The summed E-state index contributed by atoms with van der Waals surface area (Å²) in [5.41, 5.74) is 9.10. The van der Waals surface area contributed by atoms with Crippen LogP contribution in [0, 0.1) is 5.92 Å². The fourth-order valence-electron chi connectivity index (χ4n) is 8.22. The number of hydrogen-bond acceptors (Lipinski definition) is 13. The van der Waals surface area contributed by atoms with Gasteiger partial charge in [0.2, 0.25) is 0 Å². The quantitative estimate of drug-likeness (QED) is 0.00717. The second kappa shape index (κ2) is 34.9. The molecule has 0 saturated heterocycles. The monoisotopic (exact) mass is 1090 g/mol. The molecule has 426 valence electrons. The molecular weight excluding hydrogens is 1000 g/mol. The van der Waals surface area contributed by atoms with Gasteiger partial charge in [-0.1, -0.05) is 116 Å². The molecule has 0 aliphatic rings. The second-order valence-corrected chi connectivity index (χ2v) is 22.1. The Balaban J connectivity index is 1.31. The van der Waals surface area contributed by atoms with E-state index in [0.717, 1.165) is 49.7 Å². The van der Waals surface area contributed by atoms with Gasteiger partial charge in [-0.2, -0.15) is 4.99 Å². The van der Waals surface area contributed by atoms with E-state index in [2.05, 4.69) is 29.1 Å². The van der Waals surface area contributed by atoms with Crippen LogP contribution in [0.5, 0.6) is 0 Å². The molecule has 2 amide bonds. The number of ether oxygens (including phenoxy) is 3. The number of pyridine rings is 1. The fourth-order valence-corrected chi connectivity index (χ4v) is 9.01. The Morgan fingerprint density at radius 3 is 1.95 bits per heavy atom. The molecule has 19 nitrogen and oxygen atoms in total. The predicted octanol–water partition coefficient (Wildman–Crippen LogP) is 11.1. The van der Waals surface area contributed by atoms with Gasteiger partial charge in [-0.3, -0.25) is 28.3 Å². The summed E-state index contributed by atoms with van der Waals surface area (Å²) >= 11 is 0. The number of benzene rings is 2. The molecule has 0 aliphatic heterocycles. The van der Waals surface area contributed by atoms with Crippen LogP contribution in [0.2, 0.25) is 0 Å². The number of amides is 2. The number of imidazole rings is 1. The Morgan fingerprint density at radius 1 is 0.740 bits per heavy atom. The number of anilines is 2. The lowest BCUT2D eigenvalue weighted by molar-refractivity contribution is -0.870. The van der Waals surface area contributed by atoms with Crippen molar-refractivity contribution in [1.29, 1.82) is 0 Å². The summed E-state index contributed by atoms with van der Waals surface area (Å²) in [6, 6.07) is 17.5. The van der Waals surface area contributed by atoms with Gasteiger partial charge >= 0.3 is 25.9 Å². The number of aryl methyl sites for hydroxylation is 1. The minimum absolute atomic E-state index is 0.0302. The summed E-state index contributed by atoms with van der Waals surface area (Å²) < 4.78 is 42.1. The summed E-state index contributed by atoms with van der Waals surface area (Å²) in [6.45, 7) is 4.40. The van der Waals surface area contributed by atoms with Crippen LogP contribution in [0.3, 0.4) is 0 Å². The number of carbonyl (C=O) groups is 4. The van der Waals surface area contributed by atoms with Gasteiger partial charge in [-0.05, 0) is 67.4 Å². The number of rotatable bonds is 39. The Bertz CT molecular complexity index is 2460. The number of aromatic nitrogens is 3. The number of fused-ring (bicyclic) bond motifs is 1. The number of amidine groups is 1. The van der Waals surface area contributed by atoms with Crippen molar-refractivity contribution >= 4 is 60.1 Å². The minimum Gasteiger partial charge on any atom is -0.465 e. The lowest BCUT2D eigenvalue weighted by atomic mass is 10.0. The molecule has 2 aromatic heterocycles. The highest BCUT2D eigenvalue weighted by Crippen LogP contribution is 2.43. The van der Waals surface area contributed by atoms with Crippen LogP contribution in [-0.4, -0.2) is 121 Å². The lowest BCUT2D eigenvalue weighted by Crippen LogP contribution is -2.37. The molecular formula is C57H88N8O11P+. The van der Waals surface area contributed by atoms with Gasteiger partial charge in [0.1, 0.15) is 30.6 Å². The Kier molecular flexibility index (Phi) is 28.9. The highest BCUT2D eigenvalue weighted by Gasteiger charge is 2.27. The van der Waals surface area contributed by atoms with Crippen LogP contribution in [0.15, 0.2) is 71.9 Å². The van der Waals surface area contributed by atoms with Crippen LogP contribution in [0.25, 0.3) is 11.0 Å². The topological polar surface area (TPSA) is 236 Å². The van der Waals surface area contributed by atoms with Crippen molar-refractivity contribution < 1.29 is 56.4 Å².